The Bertz CT molecular complexity index is 404. The van der Waals surface area contributed by atoms with E-state index < -0.39 is 5.97 Å². The molecule has 3 fully saturated rings. The van der Waals surface area contributed by atoms with Gasteiger partial charge in [0.05, 0.1) is 5.92 Å². The Balaban J connectivity index is 1.45. The zero-order chi connectivity index (χ0) is 14.8. The standard InChI is InChI=1S/C16H26N2O3/c19-15(11-3-5-12(6-4-11)16(20)21)17-13-7-9-18-8-1-2-14(18)10-13/h11-14H,1-10H2,(H,17,19)(H,20,21). The number of carboxylic acids is 1. The highest BCUT2D eigenvalue weighted by Crippen LogP contribution is 2.30. The van der Waals surface area contributed by atoms with E-state index in [0.29, 0.717) is 24.9 Å². The second-order valence-corrected chi connectivity index (χ2v) is 6.95. The molecule has 2 aliphatic heterocycles. The van der Waals surface area contributed by atoms with Crippen LogP contribution in [-0.4, -0.2) is 47.1 Å². The number of rotatable bonds is 3. The first-order valence-electron chi connectivity index (χ1n) is 8.40. The predicted octanol–water partition coefficient (Wildman–Crippen LogP) is 1.62. The molecular weight excluding hydrogens is 268 g/mol. The Kier molecular flexibility index (Phi) is 4.48. The Hall–Kier alpha value is -1.10. The summed E-state index contributed by atoms with van der Waals surface area (Å²) in [6, 6.07) is 1.00. The van der Waals surface area contributed by atoms with Crippen LogP contribution in [0, 0.1) is 11.8 Å². The number of hydrogen-bond acceptors (Lipinski definition) is 3. The molecule has 3 rings (SSSR count). The number of carboxylic acid groups (broad SMARTS) is 1. The number of piperidine rings is 1. The maximum atomic E-state index is 12.4. The molecule has 21 heavy (non-hydrogen) atoms. The van der Waals surface area contributed by atoms with Crippen LogP contribution in [0.1, 0.15) is 51.4 Å². The van der Waals surface area contributed by atoms with Gasteiger partial charge in [0.2, 0.25) is 5.91 Å². The van der Waals surface area contributed by atoms with Crippen molar-refractivity contribution >= 4 is 11.9 Å². The summed E-state index contributed by atoms with van der Waals surface area (Å²) in [4.78, 5) is 25.9. The number of carbonyl (C=O) groups excluding carboxylic acids is 1. The van der Waals surface area contributed by atoms with Crippen molar-refractivity contribution in [2.75, 3.05) is 13.1 Å². The number of nitrogens with one attached hydrogen (secondary N) is 1. The summed E-state index contributed by atoms with van der Waals surface area (Å²) in [5, 5.41) is 12.2. The molecule has 2 N–H and O–H groups in total. The van der Waals surface area contributed by atoms with Gasteiger partial charge < -0.3 is 15.3 Å². The fourth-order valence-corrected chi connectivity index (χ4v) is 4.28. The summed E-state index contributed by atoms with van der Waals surface area (Å²) in [5.74, 6) is -0.754. The Morgan fingerprint density at radius 3 is 2.38 bits per heavy atom. The highest BCUT2D eigenvalue weighted by molar-refractivity contribution is 5.79. The lowest BCUT2D eigenvalue weighted by atomic mass is 9.81. The third-order valence-electron chi connectivity index (χ3n) is 5.61. The summed E-state index contributed by atoms with van der Waals surface area (Å²) in [6.45, 7) is 2.34. The van der Waals surface area contributed by atoms with Gasteiger partial charge in [0, 0.05) is 24.5 Å². The summed E-state index contributed by atoms with van der Waals surface area (Å²) >= 11 is 0. The van der Waals surface area contributed by atoms with Crippen molar-refractivity contribution in [3.63, 3.8) is 0 Å². The summed E-state index contributed by atoms with van der Waals surface area (Å²) in [6.07, 6.45) is 7.47. The SMILES string of the molecule is O=C(O)C1CCC(C(=O)NC2CCN3CCCC3C2)CC1. The van der Waals surface area contributed by atoms with Crippen LogP contribution in [0.4, 0.5) is 0 Å². The maximum Gasteiger partial charge on any atom is 0.306 e. The van der Waals surface area contributed by atoms with Gasteiger partial charge in [-0.15, -0.1) is 0 Å². The Morgan fingerprint density at radius 1 is 0.952 bits per heavy atom. The molecule has 0 radical (unpaired) electrons. The molecule has 5 nitrogen and oxygen atoms in total. The van der Waals surface area contributed by atoms with Crippen molar-refractivity contribution < 1.29 is 14.7 Å². The van der Waals surface area contributed by atoms with E-state index in [1.165, 1.54) is 19.4 Å². The zero-order valence-electron chi connectivity index (χ0n) is 12.6. The number of nitrogens with zero attached hydrogens (tertiary/aromatic N) is 1. The largest absolute Gasteiger partial charge is 0.481 e. The van der Waals surface area contributed by atoms with Gasteiger partial charge in [-0.1, -0.05) is 0 Å². The van der Waals surface area contributed by atoms with Crippen molar-refractivity contribution in [2.24, 2.45) is 11.8 Å². The number of hydrogen-bond donors (Lipinski definition) is 2. The molecule has 2 unspecified atom stereocenters. The van der Waals surface area contributed by atoms with Gasteiger partial charge in [0.1, 0.15) is 0 Å². The number of amides is 1. The number of carbonyl (C=O) groups is 2. The minimum atomic E-state index is -0.706. The molecule has 2 heterocycles. The third kappa shape index (κ3) is 3.39. The van der Waals surface area contributed by atoms with Crippen LogP contribution in [0.5, 0.6) is 0 Å². The monoisotopic (exact) mass is 294 g/mol. The van der Waals surface area contributed by atoms with Crippen molar-refractivity contribution in [1.29, 1.82) is 0 Å². The number of aliphatic carboxylic acids is 1. The van der Waals surface area contributed by atoms with Crippen molar-refractivity contribution in [3.8, 4) is 0 Å². The van der Waals surface area contributed by atoms with E-state index in [1.807, 2.05) is 0 Å². The molecule has 1 aliphatic carbocycles. The van der Waals surface area contributed by atoms with Crippen molar-refractivity contribution in [3.05, 3.63) is 0 Å². The topological polar surface area (TPSA) is 69.6 Å². The molecule has 1 saturated carbocycles. The molecule has 118 valence electrons. The third-order valence-corrected chi connectivity index (χ3v) is 5.61. The summed E-state index contributed by atoms with van der Waals surface area (Å²) < 4.78 is 0. The molecule has 3 aliphatic rings. The van der Waals surface area contributed by atoms with Crippen LogP contribution in [0.15, 0.2) is 0 Å². The van der Waals surface area contributed by atoms with Gasteiger partial charge >= 0.3 is 5.97 Å². The Labute approximate surface area is 126 Å². The van der Waals surface area contributed by atoms with Crippen LogP contribution < -0.4 is 5.32 Å². The normalized spacial score (nSPS) is 37.0. The smallest absolute Gasteiger partial charge is 0.306 e. The first-order valence-corrected chi connectivity index (χ1v) is 8.40. The average Bonchev–Trinajstić information content (AvgIpc) is 2.95. The molecular formula is C16H26N2O3. The minimum Gasteiger partial charge on any atom is -0.481 e. The van der Waals surface area contributed by atoms with Crippen LogP contribution in [0.3, 0.4) is 0 Å². The lowest BCUT2D eigenvalue weighted by Gasteiger charge is -2.36. The fraction of sp³-hybridized carbons (Fsp3) is 0.875. The quantitative estimate of drug-likeness (QED) is 0.830. The van der Waals surface area contributed by atoms with E-state index in [2.05, 4.69) is 10.2 Å². The van der Waals surface area contributed by atoms with Gasteiger partial charge in [-0.2, -0.15) is 0 Å². The predicted molar refractivity (Wildman–Crippen MR) is 78.8 cm³/mol. The van der Waals surface area contributed by atoms with E-state index in [-0.39, 0.29) is 17.7 Å². The van der Waals surface area contributed by atoms with E-state index in [4.69, 9.17) is 5.11 Å². The zero-order valence-corrected chi connectivity index (χ0v) is 12.6. The van der Waals surface area contributed by atoms with Gasteiger partial charge in [-0.05, 0) is 57.9 Å². The molecule has 0 bridgehead atoms. The number of fused-ring (bicyclic) bond motifs is 1. The molecule has 2 atom stereocenters. The second kappa shape index (κ2) is 6.34. The van der Waals surface area contributed by atoms with Crippen molar-refractivity contribution in [1.82, 2.24) is 10.2 Å². The van der Waals surface area contributed by atoms with E-state index in [0.717, 1.165) is 32.2 Å². The van der Waals surface area contributed by atoms with E-state index in [1.54, 1.807) is 0 Å². The van der Waals surface area contributed by atoms with Crippen LogP contribution in [0.25, 0.3) is 0 Å². The van der Waals surface area contributed by atoms with Crippen molar-refractivity contribution in [2.45, 2.75) is 63.5 Å². The highest BCUT2D eigenvalue weighted by Gasteiger charge is 2.34. The summed E-state index contributed by atoms with van der Waals surface area (Å²) in [5.41, 5.74) is 0. The first kappa shape index (κ1) is 14.8. The Morgan fingerprint density at radius 2 is 1.67 bits per heavy atom. The molecule has 0 aromatic heterocycles. The molecule has 2 saturated heterocycles. The average molecular weight is 294 g/mol. The minimum absolute atomic E-state index is 0.0298. The van der Waals surface area contributed by atoms with Gasteiger partial charge in [0.15, 0.2) is 0 Å². The molecule has 5 heteroatoms. The van der Waals surface area contributed by atoms with Gasteiger partial charge in [-0.25, -0.2) is 0 Å². The summed E-state index contributed by atoms with van der Waals surface area (Å²) in [7, 11) is 0. The van der Waals surface area contributed by atoms with Crippen LogP contribution in [-0.2, 0) is 9.59 Å². The van der Waals surface area contributed by atoms with Gasteiger partial charge in [0.25, 0.3) is 0 Å². The molecule has 1 amide bonds. The molecule has 0 aromatic carbocycles. The lowest BCUT2D eigenvalue weighted by molar-refractivity contribution is -0.144. The van der Waals surface area contributed by atoms with E-state index in [9.17, 15) is 9.59 Å². The van der Waals surface area contributed by atoms with E-state index >= 15 is 0 Å². The molecule has 0 spiro atoms. The second-order valence-electron chi connectivity index (χ2n) is 6.95. The highest BCUT2D eigenvalue weighted by atomic mass is 16.4. The first-order chi connectivity index (χ1) is 10.1. The van der Waals surface area contributed by atoms with Crippen LogP contribution in [0.2, 0.25) is 0 Å². The molecule has 0 aromatic rings. The lowest BCUT2D eigenvalue weighted by Crippen LogP contribution is -2.49. The maximum absolute atomic E-state index is 12.4. The van der Waals surface area contributed by atoms with Crippen LogP contribution >= 0.6 is 0 Å². The van der Waals surface area contributed by atoms with Gasteiger partial charge in [-0.3, -0.25) is 9.59 Å². The fourth-order valence-electron chi connectivity index (χ4n) is 4.28.